The molecule has 6 heteroatoms. The minimum absolute atomic E-state index is 0.273. The summed E-state index contributed by atoms with van der Waals surface area (Å²) in [5, 5.41) is 0. The Hall–Kier alpha value is -1.40. The van der Waals surface area contributed by atoms with Crippen molar-refractivity contribution in [2.75, 3.05) is 38.3 Å². The minimum Gasteiger partial charge on any atom is -0.491 e. The van der Waals surface area contributed by atoms with Gasteiger partial charge in [0.15, 0.2) is 17.4 Å². The lowest BCUT2D eigenvalue weighted by molar-refractivity contribution is -0.190. The molecule has 2 spiro atoms. The Morgan fingerprint density at radius 2 is 1.91 bits per heavy atom. The summed E-state index contributed by atoms with van der Waals surface area (Å²) in [5.41, 5.74) is 0.372. The molecule has 4 rings (SSSR count). The molecule has 0 bridgehead atoms. The van der Waals surface area contributed by atoms with Gasteiger partial charge in [-0.25, -0.2) is 9.97 Å². The van der Waals surface area contributed by atoms with Crippen LogP contribution in [0.1, 0.15) is 32.1 Å². The molecule has 3 aliphatic rings. The highest BCUT2D eigenvalue weighted by Crippen LogP contribution is 2.50. The van der Waals surface area contributed by atoms with E-state index in [-0.39, 0.29) is 5.79 Å². The van der Waals surface area contributed by atoms with Crippen LogP contribution in [0.4, 0.5) is 5.82 Å². The van der Waals surface area contributed by atoms with E-state index in [2.05, 4.69) is 14.9 Å². The molecule has 1 aliphatic carbocycles. The standard InChI is InChI=1S/C16H23N3O3/c1-20-13-10-17-12-18-14(13)19-7-6-15(11-19)2-4-16(5-3-15)21-8-9-22-16/h10,12H,2-9,11H2,1H3. The summed E-state index contributed by atoms with van der Waals surface area (Å²) < 4.78 is 17.1. The van der Waals surface area contributed by atoms with Crippen LogP contribution in [0.3, 0.4) is 0 Å². The topological polar surface area (TPSA) is 56.7 Å². The summed E-state index contributed by atoms with van der Waals surface area (Å²) in [4.78, 5) is 10.8. The third-order valence-corrected chi connectivity index (χ3v) is 5.50. The SMILES string of the molecule is COc1cncnc1N1CCC2(CCC3(CC2)OCCO3)C1. The van der Waals surface area contributed by atoms with Crippen molar-refractivity contribution in [1.82, 2.24) is 9.97 Å². The molecule has 0 atom stereocenters. The average Bonchev–Trinajstić information content (AvgIpc) is 3.19. The van der Waals surface area contributed by atoms with Gasteiger partial charge in [0.2, 0.25) is 0 Å². The fourth-order valence-electron chi connectivity index (χ4n) is 4.16. The van der Waals surface area contributed by atoms with Gasteiger partial charge < -0.3 is 19.1 Å². The predicted octanol–water partition coefficient (Wildman–Crippen LogP) is 2.00. The number of ether oxygens (including phenoxy) is 3. The molecule has 0 N–H and O–H groups in total. The molecule has 1 aromatic rings. The zero-order chi connectivity index (χ0) is 15.0. The van der Waals surface area contributed by atoms with Crippen molar-refractivity contribution in [3.05, 3.63) is 12.5 Å². The Morgan fingerprint density at radius 1 is 1.14 bits per heavy atom. The van der Waals surface area contributed by atoms with Gasteiger partial charge in [-0.3, -0.25) is 0 Å². The quantitative estimate of drug-likeness (QED) is 0.833. The van der Waals surface area contributed by atoms with Gasteiger partial charge >= 0.3 is 0 Å². The first-order valence-corrected chi connectivity index (χ1v) is 8.11. The van der Waals surface area contributed by atoms with Gasteiger partial charge in [0.05, 0.1) is 26.5 Å². The maximum atomic E-state index is 5.86. The smallest absolute Gasteiger partial charge is 0.179 e. The zero-order valence-electron chi connectivity index (χ0n) is 13.1. The Balaban J connectivity index is 1.46. The van der Waals surface area contributed by atoms with Crippen molar-refractivity contribution < 1.29 is 14.2 Å². The minimum atomic E-state index is -0.273. The molecule has 0 aromatic carbocycles. The van der Waals surface area contributed by atoms with Gasteiger partial charge in [-0.05, 0) is 24.7 Å². The molecular weight excluding hydrogens is 282 g/mol. The molecular formula is C16H23N3O3. The van der Waals surface area contributed by atoms with Gasteiger partial charge in [-0.2, -0.15) is 0 Å². The summed E-state index contributed by atoms with van der Waals surface area (Å²) in [7, 11) is 1.67. The molecule has 3 heterocycles. The maximum Gasteiger partial charge on any atom is 0.179 e. The van der Waals surface area contributed by atoms with E-state index in [0.717, 1.165) is 63.6 Å². The van der Waals surface area contributed by atoms with E-state index in [1.807, 2.05) is 0 Å². The Morgan fingerprint density at radius 3 is 2.64 bits per heavy atom. The summed E-state index contributed by atoms with van der Waals surface area (Å²) in [6.07, 6.45) is 8.90. The van der Waals surface area contributed by atoms with Crippen LogP contribution in [0.2, 0.25) is 0 Å². The molecule has 2 aliphatic heterocycles. The summed E-state index contributed by atoms with van der Waals surface area (Å²) in [5.74, 6) is 1.41. The molecule has 2 saturated heterocycles. The van der Waals surface area contributed by atoms with E-state index >= 15 is 0 Å². The largest absolute Gasteiger partial charge is 0.491 e. The van der Waals surface area contributed by atoms with Crippen molar-refractivity contribution in [2.45, 2.75) is 37.9 Å². The normalized spacial score (nSPS) is 26.0. The van der Waals surface area contributed by atoms with Crippen LogP contribution in [-0.2, 0) is 9.47 Å². The van der Waals surface area contributed by atoms with E-state index < -0.39 is 0 Å². The van der Waals surface area contributed by atoms with Crippen molar-refractivity contribution in [1.29, 1.82) is 0 Å². The van der Waals surface area contributed by atoms with Crippen LogP contribution < -0.4 is 9.64 Å². The van der Waals surface area contributed by atoms with Gasteiger partial charge in [-0.15, -0.1) is 0 Å². The van der Waals surface area contributed by atoms with Gasteiger partial charge in [0, 0.05) is 25.9 Å². The molecule has 120 valence electrons. The highest BCUT2D eigenvalue weighted by Gasteiger charge is 2.49. The molecule has 22 heavy (non-hydrogen) atoms. The first-order chi connectivity index (χ1) is 10.7. The van der Waals surface area contributed by atoms with Crippen molar-refractivity contribution in [3.8, 4) is 5.75 Å². The molecule has 1 saturated carbocycles. The lowest BCUT2D eigenvalue weighted by Gasteiger charge is -2.41. The van der Waals surface area contributed by atoms with E-state index in [1.54, 1.807) is 19.6 Å². The molecule has 0 radical (unpaired) electrons. The molecule has 0 unspecified atom stereocenters. The van der Waals surface area contributed by atoms with E-state index in [0.29, 0.717) is 5.41 Å². The highest BCUT2D eigenvalue weighted by molar-refractivity contribution is 5.51. The van der Waals surface area contributed by atoms with Gasteiger partial charge in [0.25, 0.3) is 0 Å². The van der Waals surface area contributed by atoms with Gasteiger partial charge in [0.1, 0.15) is 6.33 Å². The Kier molecular flexibility index (Phi) is 3.46. The van der Waals surface area contributed by atoms with Crippen LogP contribution in [0.5, 0.6) is 5.75 Å². The lowest BCUT2D eigenvalue weighted by atomic mass is 9.71. The molecule has 3 fully saturated rings. The number of anilines is 1. The zero-order valence-corrected chi connectivity index (χ0v) is 13.1. The van der Waals surface area contributed by atoms with Gasteiger partial charge in [-0.1, -0.05) is 0 Å². The first kappa shape index (κ1) is 14.2. The second-order valence-electron chi connectivity index (χ2n) is 6.69. The Bertz CT molecular complexity index is 535. The highest BCUT2D eigenvalue weighted by atomic mass is 16.7. The van der Waals surface area contributed by atoms with Crippen molar-refractivity contribution in [3.63, 3.8) is 0 Å². The first-order valence-electron chi connectivity index (χ1n) is 8.11. The number of hydrogen-bond donors (Lipinski definition) is 0. The summed E-state index contributed by atoms with van der Waals surface area (Å²) in [6, 6.07) is 0. The molecule has 0 amide bonds. The van der Waals surface area contributed by atoms with Crippen molar-refractivity contribution >= 4 is 5.82 Å². The van der Waals surface area contributed by atoms with E-state index in [4.69, 9.17) is 14.2 Å². The lowest BCUT2D eigenvalue weighted by Crippen LogP contribution is -2.41. The summed E-state index contributed by atoms with van der Waals surface area (Å²) >= 11 is 0. The van der Waals surface area contributed by atoms with E-state index in [9.17, 15) is 0 Å². The van der Waals surface area contributed by atoms with Crippen LogP contribution >= 0.6 is 0 Å². The third-order valence-electron chi connectivity index (χ3n) is 5.50. The number of hydrogen-bond acceptors (Lipinski definition) is 6. The number of rotatable bonds is 2. The fraction of sp³-hybridized carbons (Fsp3) is 0.750. The van der Waals surface area contributed by atoms with Crippen LogP contribution in [0.15, 0.2) is 12.5 Å². The number of methoxy groups -OCH3 is 1. The number of aromatic nitrogens is 2. The van der Waals surface area contributed by atoms with Crippen LogP contribution in [0, 0.1) is 5.41 Å². The van der Waals surface area contributed by atoms with E-state index in [1.165, 1.54) is 6.42 Å². The van der Waals surface area contributed by atoms with Crippen LogP contribution in [0.25, 0.3) is 0 Å². The van der Waals surface area contributed by atoms with Crippen molar-refractivity contribution in [2.24, 2.45) is 5.41 Å². The molecule has 6 nitrogen and oxygen atoms in total. The summed E-state index contributed by atoms with van der Waals surface area (Å²) in [6.45, 7) is 3.56. The number of nitrogens with zero attached hydrogens (tertiary/aromatic N) is 3. The predicted molar refractivity (Wildman–Crippen MR) is 81.0 cm³/mol. The molecule has 1 aromatic heterocycles. The third kappa shape index (κ3) is 2.34. The maximum absolute atomic E-state index is 5.86. The second kappa shape index (κ2) is 5.35. The monoisotopic (exact) mass is 305 g/mol. The fourth-order valence-corrected chi connectivity index (χ4v) is 4.16. The second-order valence-corrected chi connectivity index (χ2v) is 6.69. The average molecular weight is 305 g/mol. The van der Waals surface area contributed by atoms with Crippen LogP contribution in [-0.4, -0.2) is 49.2 Å². The Labute approximate surface area is 130 Å².